The van der Waals surface area contributed by atoms with Crippen LogP contribution in [0.15, 0.2) is 53.4 Å². The topological polar surface area (TPSA) is 66.5 Å². The van der Waals surface area contributed by atoms with Gasteiger partial charge >= 0.3 is 0 Å². The maximum absolute atomic E-state index is 12.5. The average Bonchev–Trinajstić information content (AvgIpc) is 3.36. The van der Waals surface area contributed by atoms with Crippen LogP contribution in [-0.2, 0) is 14.8 Å². The Labute approximate surface area is 152 Å². The second-order valence-electron chi connectivity index (χ2n) is 6.27. The SMILES string of the molecule is CN(C)S(=O)(=O)c1cccc(NC(=O)C2CC2c2ccccc2Cl)c1. The molecule has 1 aliphatic rings. The molecule has 0 saturated heterocycles. The minimum Gasteiger partial charge on any atom is -0.326 e. The van der Waals surface area contributed by atoms with Crippen molar-refractivity contribution in [3.63, 3.8) is 0 Å². The predicted molar refractivity (Wildman–Crippen MR) is 98.2 cm³/mol. The second kappa shape index (κ2) is 6.78. The molecule has 0 aliphatic heterocycles. The number of halogens is 1. The summed E-state index contributed by atoms with van der Waals surface area (Å²) in [7, 11) is -0.592. The Morgan fingerprint density at radius 2 is 1.88 bits per heavy atom. The van der Waals surface area contributed by atoms with Crippen LogP contribution < -0.4 is 5.32 Å². The molecule has 1 aliphatic carbocycles. The summed E-state index contributed by atoms with van der Waals surface area (Å²) < 4.78 is 25.5. The highest BCUT2D eigenvalue weighted by atomic mass is 35.5. The molecule has 132 valence electrons. The van der Waals surface area contributed by atoms with Crippen molar-refractivity contribution >= 4 is 33.2 Å². The summed E-state index contributed by atoms with van der Waals surface area (Å²) in [5.74, 6) is -0.152. The van der Waals surface area contributed by atoms with E-state index in [0.717, 1.165) is 16.3 Å². The Morgan fingerprint density at radius 1 is 1.16 bits per heavy atom. The zero-order chi connectivity index (χ0) is 18.2. The van der Waals surface area contributed by atoms with Crippen molar-refractivity contribution in [1.29, 1.82) is 0 Å². The van der Waals surface area contributed by atoms with E-state index >= 15 is 0 Å². The number of rotatable bonds is 5. The molecule has 0 radical (unpaired) electrons. The molecule has 5 nitrogen and oxygen atoms in total. The third-order valence-corrected chi connectivity index (χ3v) is 6.47. The molecule has 2 aromatic carbocycles. The molecule has 1 N–H and O–H groups in total. The maximum Gasteiger partial charge on any atom is 0.242 e. The van der Waals surface area contributed by atoms with Gasteiger partial charge in [0.05, 0.1) is 4.90 Å². The molecule has 1 saturated carbocycles. The molecule has 1 amide bonds. The first kappa shape index (κ1) is 17.9. The smallest absolute Gasteiger partial charge is 0.242 e. The van der Waals surface area contributed by atoms with Gasteiger partial charge in [0, 0.05) is 30.7 Å². The van der Waals surface area contributed by atoms with Crippen molar-refractivity contribution in [2.45, 2.75) is 17.2 Å². The summed E-state index contributed by atoms with van der Waals surface area (Å²) in [6.45, 7) is 0. The molecule has 0 heterocycles. The first-order valence-electron chi connectivity index (χ1n) is 7.88. The molecule has 7 heteroatoms. The molecular formula is C18H19ClN2O3S. The fraction of sp³-hybridized carbons (Fsp3) is 0.278. The van der Waals surface area contributed by atoms with Crippen molar-refractivity contribution in [2.75, 3.05) is 19.4 Å². The van der Waals surface area contributed by atoms with Gasteiger partial charge in [0.2, 0.25) is 15.9 Å². The summed E-state index contributed by atoms with van der Waals surface area (Å²) in [6.07, 6.45) is 0.741. The van der Waals surface area contributed by atoms with E-state index in [4.69, 9.17) is 11.6 Å². The van der Waals surface area contributed by atoms with E-state index in [-0.39, 0.29) is 22.6 Å². The summed E-state index contributed by atoms with van der Waals surface area (Å²) in [5.41, 5.74) is 1.45. The number of nitrogens with zero attached hydrogens (tertiary/aromatic N) is 1. The highest BCUT2D eigenvalue weighted by Crippen LogP contribution is 2.50. The lowest BCUT2D eigenvalue weighted by Crippen LogP contribution is -2.22. The van der Waals surface area contributed by atoms with E-state index < -0.39 is 10.0 Å². The van der Waals surface area contributed by atoms with Crippen LogP contribution in [0, 0.1) is 5.92 Å². The molecule has 0 bridgehead atoms. The molecule has 0 aromatic heterocycles. The number of carbonyl (C=O) groups is 1. The van der Waals surface area contributed by atoms with Gasteiger partial charge in [0.1, 0.15) is 0 Å². The highest BCUT2D eigenvalue weighted by Gasteiger charge is 2.44. The third kappa shape index (κ3) is 3.71. The Morgan fingerprint density at radius 3 is 2.56 bits per heavy atom. The minimum absolute atomic E-state index is 0.113. The first-order chi connectivity index (χ1) is 11.8. The van der Waals surface area contributed by atoms with Crippen molar-refractivity contribution in [1.82, 2.24) is 4.31 Å². The van der Waals surface area contributed by atoms with Gasteiger partial charge < -0.3 is 5.32 Å². The minimum atomic E-state index is -3.53. The Bertz CT molecular complexity index is 912. The first-order valence-corrected chi connectivity index (χ1v) is 9.70. The van der Waals surface area contributed by atoms with Crippen molar-refractivity contribution in [3.8, 4) is 0 Å². The molecule has 3 rings (SSSR count). The molecule has 2 atom stereocenters. The van der Waals surface area contributed by atoms with Crippen LogP contribution in [-0.4, -0.2) is 32.7 Å². The average molecular weight is 379 g/mol. The summed E-state index contributed by atoms with van der Waals surface area (Å²) in [6, 6.07) is 13.8. The van der Waals surface area contributed by atoms with E-state index in [2.05, 4.69) is 5.32 Å². The van der Waals surface area contributed by atoms with Gasteiger partial charge in [-0.15, -0.1) is 0 Å². The number of anilines is 1. The monoisotopic (exact) mass is 378 g/mol. The van der Waals surface area contributed by atoms with Crippen LogP contribution >= 0.6 is 11.6 Å². The van der Waals surface area contributed by atoms with Crippen LogP contribution in [0.4, 0.5) is 5.69 Å². The van der Waals surface area contributed by atoms with Gasteiger partial charge in [0.25, 0.3) is 0 Å². The fourth-order valence-electron chi connectivity index (χ4n) is 2.78. The third-order valence-electron chi connectivity index (χ3n) is 4.31. The Hall–Kier alpha value is -1.89. The van der Waals surface area contributed by atoms with Crippen LogP contribution in [0.1, 0.15) is 17.9 Å². The molecule has 0 spiro atoms. The number of sulfonamides is 1. The summed E-state index contributed by atoms with van der Waals surface area (Å²) in [4.78, 5) is 12.6. The van der Waals surface area contributed by atoms with E-state index in [1.54, 1.807) is 12.1 Å². The zero-order valence-corrected chi connectivity index (χ0v) is 15.5. The number of carbonyl (C=O) groups excluding carboxylic acids is 1. The van der Waals surface area contributed by atoms with Gasteiger partial charge in [-0.1, -0.05) is 35.9 Å². The normalized spacial score (nSPS) is 19.7. The number of hydrogen-bond donors (Lipinski definition) is 1. The summed E-state index contributed by atoms with van der Waals surface area (Å²) in [5, 5.41) is 3.48. The molecule has 2 aromatic rings. The number of benzene rings is 2. The standard InChI is InChI=1S/C18H19ClN2O3S/c1-21(2)25(23,24)13-7-5-6-12(10-13)20-18(22)16-11-15(16)14-8-3-4-9-17(14)19/h3-10,15-16H,11H2,1-2H3,(H,20,22). The van der Waals surface area contributed by atoms with Gasteiger partial charge in [0.15, 0.2) is 0 Å². The van der Waals surface area contributed by atoms with E-state index in [1.807, 2.05) is 24.3 Å². The quantitative estimate of drug-likeness (QED) is 0.867. The van der Waals surface area contributed by atoms with Gasteiger partial charge in [-0.3, -0.25) is 4.79 Å². The van der Waals surface area contributed by atoms with Crippen LogP contribution in [0.5, 0.6) is 0 Å². The van der Waals surface area contributed by atoms with E-state index in [0.29, 0.717) is 10.7 Å². The van der Waals surface area contributed by atoms with Gasteiger partial charge in [-0.2, -0.15) is 0 Å². The summed E-state index contributed by atoms with van der Waals surface area (Å²) >= 11 is 6.19. The lowest BCUT2D eigenvalue weighted by Gasteiger charge is -2.12. The largest absolute Gasteiger partial charge is 0.326 e. The van der Waals surface area contributed by atoms with Gasteiger partial charge in [-0.25, -0.2) is 12.7 Å². The second-order valence-corrected chi connectivity index (χ2v) is 8.83. The van der Waals surface area contributed by atoms with Crippen LogP contribution in [0.25, 0.3) is 0 Å². The molecule has 1 fully saturated rings. The van der Waals surface area contributed by atoms with E-state index in [9.17, 15) is 13.2 Å². The Kier molecular flexibility index (Phi) is 4.86. The molecule has 2 unspecified atom stereocenters. The van der Waals surface area contributed by atoms with Gasteiger partial charge in [-0.05, 0) is 42.2 Å². The molecular weight excluding hydrogens is 360 g/mol. The highest BCUT2D eigenvalue weighted by molar-refractivity contribution is 7.89. The van der Waals surface area contributed by atoms with Crippen molar-refractivity contribution in [3.05, 3.63) is 59.1 Å². The lowest BCUT2D eigenvalue weighted by molar-refractivity contribution is -0.117. The maximum atomic E-state index is 12.5. The van der Waals surface area contributed by atoms with Crippen molar-refractivity contribution in [2.24, 2.45) is 5.92 Å². The predicted octanol–water partition coefficient (Wildman–Crippen LogP) is 3.33. The zero-order valence-electron chi connectivity index (χ0n) is 13.9. The lowest BCUT2D eigenvalue weighted by atomic mass is 10.1. The van der Waals surface area contributed by atoms with E-state index in [1.165, 1.54) is 26.2 Å². The van der Waals surface area contributed by atoms with Crippen molar-refractivity contribution < 1.29 is 13.2 Å². The number of amides is 1. The van der Waals surface area contributed by atoms with Crippen LogP contribution in [0.3, 0.4) is 0 Å². The van der Waals surface area contributed by atoms with Crippen LogP contribution in [0.2, 0.25) is 5.02 Å². The number of hydrogen-bond acceptors (Lipinski definition) is 3. The fourth-order valence-corrected chi connectivity index (χ4v) is 4.01. The Balaban J connectivity index is 1.72. The number of nitrogens with one attached hydrogen (secondary N) is 1. The molecule has 25 heavy (non-hydrogen) atoms.